The summed E-state index contributed by atoms with van der Waals surface area (Å²) in [6, 6.07) is 7.61. The molecule has 2 heterocycles. The Labute approximate surface area is 113 Å². The Balaban J connectivity index is 2.13. The summed E-state index contributed by atoms with van der Waals surface area (Å²) in [5.41, 5.74) is 0.964. The third kappa shape index (κ3) is 3.64. The van der Waals surface area contributed by atoms with Gasteiger partial charge >= 0.3 is 0 Å². The lowest BCUT2D eigenvalue weighted by molar-refractivity contribution is 0.394. The van der Waals surface area contributed by atoms with Crippen molar-refractivity contribution >= 4 is 5.82 Å². The maximum atomic E-state index is 5.19. The second kappa shape index (κ2) is 6.13. The zero-order valence-electron chi connectivity index (χ0n) is 11.4. The van der Waals surface area contributed by atoms with Crippen LogP contribution < -0.4 is 10.1 Å². The number of rotatable bonds is 5. The van der Waals surface area contributed by atoms with Gasteiger partial charge in [-0.3, -0.25) is 4.98 Å². The first kappa shape index (κ1) is 13.3. The van der Waals surface area contributed by atoms with E-state index in [1.54, 1.807) is 19.4 Å². The molecule has 0 saturated carbocycles. The van der Waals surface area contributed by atoms with Gasteiger partial charge in [0.25, 0.3) is 0 Å². The summed E-state index contributed by atoms with van der Waals surface area (Å²) < 4.78 is 5.19. The number of hydrogen-bond donors (Lipinski definition) is 1. The molecule has 0 atom stereocenters. The molecule has 5 nitrogen and oxygen atoms in total. The van der Waals surface area contributed by atoms with Crippen molar-refractivity contribution in [3.05, 3.63) is 42.0 Å². The highest BCUT2D eigenvalue weighted by Gasteiger charge is 2.08. The number of pyridine rings is 1. The molecule has 0 amide bonds. The first-order chi connectivity index (χ1) is 9.19. The van der Waals surface area contributed by atoms with Crippen LogP contribution in [0.15, 0.2) is 30.5 Å². The molecule has 0 aliphatic rings. The van der Waals surface area contributed by atoms with E-state index in [4.69, 9.17) is 4.74 Å². The molecule has 0 bridgehead atoms. The minimum absolute atomic E-state index is 0.255. The van der Waals surface area contributed by atoms with Crippen LogP contribution in [-0.2, 0) is 6.54 Å². The molecule has 0 aromatic carbocycles. The van der Waals surface area contributed by atoms with Crippen molar-refractivity contribution in [1.82, 2.24) is 15.0 Å². The van der Waals surface area contributed by atoms with E-state index < -0.39 is 0 Å². The third-order valence-corrected chi connectivity index (χ3v) is 2.62. The summed E-state index contributed by atoms with van der Waals surface area (Å²) in [6.45, 7) is 4.73. The molecule has 2 aromatic rings. The van der Waals surface area contributed by atoms with Crippen LogP contribution in [0.1, 0.15) is 31.3 Å². The van der Waals surface area contributed by atoms with Crippen LogP contribution in [0.4, 0.5) is 5.82 Å². The van der Waals surface area contributed by atoms with Gasteiger partial charge in [0.05, 0.1) is 19.3 Å². The van der Waals surface area contributed by atoms with Gasteiger partial charge in [0, 0.05) is 18.2 Å². The van der Waals surface area contributed by atoms with Crippen LogP contribution in [0.5, 0.6) is 5.88 Å². The smallest absolute Gasteiger partial charge is 0.218 e. The quantitative estimate of drug-likeness (QED) is 0.893. The third-order valence-electron chi connectivity index (χ3n) is 2.62. The monoisotopic (exact) mass is 258 g/mol. The molecule has 2 aromatic heterocycles. The van der Waals surface area contributed by atoms with E-state index in [0.29, 0.717) is 12.4 Å². The minimum atomic E-state index is 0.255. The summed E-state index contributed by atoms with van der Waals surface area (Å²) in [7, 11) is 1.61. The minimum Gasteiger partial charge on any atom is -0.481 e. The molecular formula is C14H18N4O. The predicted molar refractivity (Wildman–Crippen MR) is 74.2 cm³/mol. The second-order valence-electron chi connectivity index (χ2n) is 4.48. The molecule has 0 unspecified atom stereocenters. The van der Waals surface area contributed by atoms with Gasteiger partial charge in [-0.05, 0) is 12.1 Å². The van der Waals surface area contributed by atoms with Crippen molar-refractivity contribution < 1.29 is 4.74 Å². The number of aromatic nitrogens is 3. The Kier molecular flexibility index (Phi) is 4.28. The van der Waals surface area contributed by atoms with Gasteiger partial charge in [-0.2, -0.15) is 4.98 Å². The van der Waals surface area contributed by atoms with Crippen LogP contribution in [0.2, 0.25) is 0 Å². The van der Waals surface area contributed by atoms with E-state index in [2.05, 4.69) is 34.1 Å². The van der Waals surface area contributed by atoms with E-state index in [-0.39, 0.29) is 5.92 Å². The molecule has 0 aliphatic carbocycles. The fourth-order valence-electron chi connectivity index (χ4n) is 1.58. The fraction of sp³-hybridized carbons (Fsp3) is 0.357. The Hall–Kier alpha value is -2.17. The van der Waals surface area contributed by atoms with Gasteiger partial charge in [-0.1, -0.05) is 19.9 Å². The number of nitrogens with one attached hydrogen (secondary N) is 1. The second-order valence-corrected chi connectivity index (χ2v) is 4.48. The molecule has 100 valence electrons. The number of hydrogen-bond acceptors (Lipinski definition) is 5. The average molecular weight is 258 g/mol. The van der Waals surface area contributed by atoms with Crippen molar-refractivity contribution in [2.75, 3.05) is 12.4 Å². The SMILES string of the molecule is COc1cc(NCc2ccccn2)nc(C(C)C)n1. The van der Waals surface area contributed by atoms with Crippen LogP contribution in [-0.4, -0.2) is 22.1 Å². The van der Waals surface area contributed by atoms with Gasteiger partial charge in [-0.25, -0.2) is 4.98 Å². The predicted octanol–water partition coefficient (Wildman–Crippen LogP) is 2.62. The van der Waals surface area contributed by atoms with E-state index >= 15 is 0 Å². The average Bonchev–Trinajstić information content (AvgIpc) is 2.45. The van der Waals surface area contributed by atoms with E-state index in [1.807, 2.05) is 18.2 Å². The molecule has 19 heavy (non-hydrogen) atoms. The molecule has 0 radical (unpaired) electrons. The Bertz CT molecular complexity index is 528. The Morgan fingerprint density at radius 2 is 2.11 bits per heavy atom. The van der Waals surface area contributed by atoms with Crippen LogP contribution in [0.25, 0.3) is 0 Å². The van der Waals surface area contributed by atoms with Gasteiger partial charge in [-0.15, -0.1) is 0 Å². The molecule has 1 N–H and O–H groups in total. The zero-order chi connectivity index (χ0) is 13.7. The highest BCUT2D eigenvalue weighted by atomic mass is 16.5. The molecule has 2 rings (SSSR count). The van der Waals surface area contributed by atoms with E-state index in [0.717, 1.165) is 17.3 Å². The maximum Gasteiger partial charge on any atom is 0.218 e. The normalized spacial score (nSPS) is 10.5. The van der Waals surface area contributed by atoms with Crippen molar-refractivity contribution in [3.8, 4) is 5.88 Å². The summed E-state index contributed by atoms with van der Waals surface area (Å²) in [5.74, 6) is 2.34. The van der Waals surface area contributed by atoms with Gasteiger partial charge in [0.2, 0.25) is 5.88 Å². The lowest BCUT2D eigenvalue weighted by atomic mass is 10.2. The Morgan fingerprint density at radius 3 is 2.74 bits per heavy atom. The first-order valence-corrected chi connectivity index (χ1v) is 6.26. The van der Waals surface area contributed by atoms with Gasteiger partial charge in [0.15, 0.2) is 0 Å². The summed E-state index contributed by atoms with van der Waals surface area (Å²) in [6.07, 6.45) is 1.77. The topological polar surface area (TPSA) is 59.9 Å². The molecule has 0 spiro atoms. The van der Waals surface area contributed by atoms with E-state index in [9.17, 15) is 0 Å². The zero-order valence-corrected chi connectivity index (χ0v) is 11.4. The van der Waals surface area contributed by atoms with Crippen molar-refractivity contribution in [1.29, 1.82) is 0 Å². The number of anilines is 1. The van der Waals surface area contributed by atoms with E-state index in [1.165, 1.54) is 0 Å². The van der Waals surface area contributed by atoms with Crippen molar-refractivity contribution in [2.24, 2.45) is 0 Å². The highest BCUT2D eigenvalue weighted by molar-refractivity contribution is 5.39. The number of methoxy groups -OCH3 is 1. The number of ether oxygens (including phenoxy) is 1. The fourth-order valence-corrected chi connectivity index (χ4v) is 1.58. The Morgan fingerprint density at radius 1 is 1.26 bits per heavy atom. The first-order valence-electron chi connectivity index (χ1n) is 6.26. The summed E-state index contributed by atoms with van der Waals surface area (Å²) in [4.78, 5) is 13.0. The summed E-state index contributed by atoms with van der Waals surface area (Å²) in [5, 5.41) is 3.24. The molecule has 0 aliphatic heterocycles. The largest absolute Gasteiger partial charge is 0.481 e. The number of nitrogens with zero attached hydrogens (tertiary/aromatic N) is 3. The van der Waals surface area contributed by atoms with Crippen LogP contribution in [0.3, 0.4) is 0 Å². The lowest BCUT2D eigenvalue weighted by Gasteiger charge is -2.10. The molecule has 0 fully saturated rings. The molecule has 5 heteroatoms. The van der Waals surface area contributed by atoms with Gasteiger partial charge in [0.1, 0.15) is 11.6 Å². The lowest BCUT2D eigenvalue weighted by Crippen LogP contribution is -2.07. The molecular weight excluding hydrogens is 240 g/mol. The van der Waals surface area contributed by atoms with Crippen molar-refractivity contribution in [3.63, 3.8) is 0 Å². The maximum absolute atomic E-state index is 5.19. The van der Waals surface area contributed by atoms with Crippen LogP contribution >= 0.6 is 0 Å². The standard InChI is InChI=1S/C14H18N4O/c1-10(2)14-17-12(8-13(18-14)19-3)16-9-11-6-4-5-7-15-11/h4-8,10H,9H2,1-3H3,(H,16,17,18). The van der Waals surface area contributed by atoms with Gasteiger partial charge < -0.3 is 10.1 Å². The highest BCUT2D eigenvalue weighted by Crippen LogP contribution is 2.18. The van der Waals surface area contributed by atoms with Crippen molar-refractivity contribution in [2.45, 2.75) is 26.3 Å². The van der Waals surface area contributed by atoms with Crippen LogP contribution in [0, 0.1) is 0 Å². The molecule has 0 saturated heterocycles. The summed E-state index contributed by atoms with van der Waals surface area (Å²) >= 11 is 0.